The maximum atomic E-state index is 2.62. The molecule has 1 fully saturated rings. The minimum Gasteiger partial charge on any atom is -0.298 e. The lowest BCUT2D eigenvalue weighted by atomic mass is 9.93. The number of hydrogen-bond donors (Lipinski definition) is 0. The highest BCUT2D eigenvalue weighted by Gasteiger charge is 2.28. The average Bonchev–Trinajstić information content (AvgIpc) is 2.71. The van der Waals surface area contributed by atoms with E-state index in [1.165, 1.54) is 31.5 Å². The van der Waals surface area contributed by atoms with Gasteiger partial charge in [-0.1, -0.05) is 30.3 Å². The molecule has 0 unspecified atom stereocenters. The molecule has 1 nitrogen and oxygen atoms in total. The topological polar surface area (TPSA) is 3.24 Å². The third-order valence-corrected chi connectivity index (χ3v) is 3.44. The molecule has 1 aliphatic heterocycles. The summed E-state index contributed by atoms with van der Waals surface area (Å²) < 4.78 is 0. The van der Waals surface area contributed by atoms with E-state index < -0.39 is 0 Å². The molecule has 0 N–H and O–H groups in total. The quantitative estimate of drug-likeness (QED) is 0.729. The second-order valence-electron chi connectivity index (χ2n) is 5.17. The fourth-order valence-corrected chi connectivity index (χ4v) is 2.53. The molecular formula is C14H21N. The Morgan fingerprint density at radius 2 is 1.67 bits per heavy atom. The van der Waals surface area contributed by atoms with E-state index in [1.54, 1.807) is 0 Å². The normalized spacial score (nSPS) is 18.3. The Morgan fingerprint density at radius 3 is 2.27 bits per heavy atom. The Balaban J connectivity index is 2.03. The molecule has 1 aliphatic rings. The van der Waals surface area contributed by atoms with Crippen LogP contribution in [0.3, 0.4) is 0 Å². The van der Waals surface area contributed by atoms with E-state index >= 15 is 0 Å². The van der Waals surface area contributed by atoms with Crippen molar-refractivity contribution in [3.05, 3.63) is 35.9 Å². The molecule has 1 heterocycles. The van der Waals surface area contributed by atoms with Crippen LogP contribution < -0.4 is 0 Å². The average molecular weight is 203 g/mol. The summed E-state index contributed by atoms with van der Waals surface area (Å²) in [5.41, 5.74) is 1.77. The second-order valence-corrected chi connectivity index (χ2v) is 5.17. The van der Waals surface area contributed by atoms with Gasteiger partial charge in [0, 0.05) is 5.54 Å². The van der Waals surface area contributed by atoms with Crippen molar-refractivity contribution >= 4 is 0 Å². The molecule has 1 saturated heterocycles. The largest absolute Gasteiger partial charge is 0.298 e. The first-order chi connectivity index (χ1) is 7.18. The second kappa shape index (κ2) is 4.36. The van der Waals surface area contributed by atoms with Gasteiger partial charge in [-0.2, -0.15) is 0 Å². The Kier molecular flexibility index (Phi) is 3.11. The van der Waals surface area contributed by atoms with Crippen LogP contribution in [0.4, 0.5) is 0 Å². The van der Waals surface area contributed by atoms with Crippen molar-refractivity contribution in [1.82, 2.24) is 4.90 Å². The van der Waals surface area contributed by atoms with Crippen LogP contribution in [0.2, 0.25) is 0 Å². The molecule has 1 aromatic carbocycles. The van der Waals surface area contributed by atoms with Gasteiger partial charge in [0.2, 0.25) is 0 Å². The van der Waals surface area contributed by atoms with Crippen LogP contribution in [-0.2, 0) is 6.42 Å². The van der Waals surface area contributed by atoms with Gasteiger partial charge >= 0.3 is 0 Å². The lowest BCUT2D eigenvalue weighted by Gasteiger charge is -2.35. The van der Waals surface area contributed by atoms with Gasteiger partial charge in [0.1, 0.15) is 0 Å². The van der Waals surface area contributed by atoms with Crippen molar-refractivity contribution in [2.24, 2.45) is 0 Å². The van der Waals surface area contributed by atoms with Crippen molar-refractivity contribution in [2.75, 3.05) is 13.1 Å². The zero-order valence-corrected chi connectivity index (χ0v) is 9.87. The fraction of sp³-hybridized carbons (Fsp3) is 0.571. The summed E-state index contributed by atoms with van der Waals surface area (Å²) in [6, 6.07) is 10.8. The van der Waals surface area contributed by atoms with E-state index in [0.29, 0.717) is 5.54 Å². The predicted octanol–water partition coefficient (Wildman–Crippen LogP) is 3.10. The van der Waals surface area contributed by atoms with E-state index in [0.717, 1.165) is 6.42 Å². The van der Waals surface area contributed by atoms with E-state index in [9.17, 15) is 0 Å². The minimum atomic E-state index is 0.317. The lowest BCUT2D eigenvalue weighted by Crippen LogP contribution is -2.43. The molecule has 0 amide bonds. The van der Waals surface area contributed by atoms with Crippen molar-refractivity contribution in [3.8, 4) is 0 Å². The highest BCUT2D eigenvalue weighted by Crippen LogP contribution is 2.24. The molecule has 2 rings (SSSR count). The highest BCUT2D eigenvalue weighted by molar-refractivity contribution is 5.17. The molecule has 1 aromatic rings. The summed E-state index contributed by atoms with van der Waals surface area (Å²) in [6.07, 6.45) is 3.91. The molecule has 0 saturated carbocycles. The van der Waals surface area contributed by atoms with E-state index in [4.69, 9.17) is 0 Å². The van der Waals surface area contributed by atoms with E-state index in [-0.39, 0.29) is 0 Å². The Hall–Kier alpha value is -0.820. The van der Waals surface area contributed by atoms with Crippen LogP contribution >= 0.6 is 0 Å². The number of rotatable bonds is 3. The summed E-state index contributed by atoms with van der Waals surface area (Å²) >= 11 is 0. The van der Waals surface area contributed by atoms with Gasteiger partial charge in [0.05, 0.1) is 0 Å². The first-order valence-electron chi connectivity index (χ1n) is 5.97. The summed E-state index contributed by atoms with van der Waals surface area (Å²) in [4.78, 5) is 2.62. The number of benzene rings is 1. The number of likely N-dealkylation sites (tertiary alicyclic amines) is 1. The molecule has 0 aliphatic carbocycles. The molecule has 0 aromatic heterocycles. The summed E-state index contributed by atoms with van der Waals surface area (Å²) in [5.74, 6) is 0. The number of nitrogens with zero attached hydrogens (tertiary/aromatic N) is 1. The minimum absolute atomic E-state index is 0.317. The van der Waals surface area contributed by atoms with Gasteiger partial charge in [-0.3, -0.25) is 4.90 Å². The number of hydrogen-bond acceptors (Lipinski definition) is 1. The van der Waals surface area contributed by atoms with Crippen LogP contribution in [-0.4, -0.2) is 23.5 Å². The SMILES string of the molecule is CC(C)(Cc1ccccc1)N1CCCC1. The van der Waals surface area contributed by atoms with Gasteiger partial charge in [-0.05, 0) is 51.8 Å². The van der Waals surface area contributed by atoms with Crippen molar-refractivity contribution < 1.29 is 0 Å². The smallest absolute Gasteiger partial charge is 0.0193 e. The molecule has 0 radical (unpaired) electrons. The highest BCUT2D eigenvalue weighted by atomic mass is 15.2. The first kappa shape index (κ1) is 10.7. The lowest BCUT2D eigenvalue weighted by molar-refractivity contribution is 0.155. The maximum absolute atomic E-state index is 2.62. The van der Waals surface area contributed by atoms with Crippen LogP contribution in [0, 0.1) is 0 Å². The van der Waals surface area contributed by atoms with E-state index in [2.05, 4.69) is 49.1 Å². The zero-order valence-electron chi connectivity index (χ0n) is 9.87. The van der Waals surface area contributed by atoms with Crippen LogP contribution in [0.15, 0.2) is 30.3 Å². The summed E-state index contributed by atoms with van der Waals surface area (Å²) in [7, 11) is 0. The summed E-state index contributed by atoms with van der Waals surface area (Å²) in [5, 5.41) is 0. The van der Waals surface area contributed by atoms with Crippen molar-refractivity contribution in [3.63, 3.8) is 0 Å². The Labute approximate surface area is 93.1 Å². The standard InChI is InChI=1S/C14H21N/c1-14(2,15-10-6-7-11-15)12-13-8-4-3-5-9-13/h3-5,8-9H,6-7,10-12H2,1-2H3. The van der Waals surface area contributed by atoms with Gasteiger partial charge in [0.25, 0.3) is 0 Å². The zero-order chi connectivity index (χ0) is 10.7. The van der Waals surface area contributed by atoms with Gasteiger partial charge in [0.15, 0.2) is 0 Å². The molecule has 15 heavy (non-hydrogen) atoms. The van der Waals surface area contributed by atoms with Crippen LogP contribution in [0.1, 0.15) is 32.3 Å². The fourth-order valence-electron chi connectivity index (χ4n) is 2.53. The monoisotopic (exact) mass is 203 g/mol. The van der Waals surface area contributed by atoms with E-state index in [1.807, 2.05) is 0 Å². The maximum Gasteiger partial charge on any atom is 0.0193 e. The Morgan fingerprint density at radius 1 is 1.07 bits per heavy atom. The summed E-state index contributed by atoms with van der Waals surface area (Å²) in [6.45, 7) is 7.29. The van der Waals surface area contributed by atoms with Crippen LogP contribution in [0.5, 0.6) is 0 Å². The molecule has 0 bridgehead atoms. The Bertz CT molecular complexity index is 296. The van der Waals surface area contributed by atoms with Crippen molar-refractivity contribution in [2.45, 2.75) is 38.6 Å². The van der Waals surface area contributed by atoms with Gasteiger partial charge < -0.3 is 0 Å². The van der Waals surface area contributed by atoms with Crippen molar-refractivity contribution in [1.29, 1.82) is 0 Å². The molecular weight excluding hydrogens is 182 g/mol. The molecule has 0 spiro atoms. The molecule has 1 heteroatoms. The third-order valence-electron chi connectivity index (χ3n) is 3.44. The first-order valence-corrected chi connectivity index (χ1v) is 5.97. The predicted molar refractivity (Wildman–Crippen MR) is 65.0 cm³/mol. The van der Waals surface area contributed by atoms with Gasteiger partial charge in [-0.15, -0.1) is 0 Å². The third kappa shape index (κ3) is 2.60. The molecule has 0 atom stereocenters. The van der Waals surface area contributed by atoms with Crippen LogP contribution in [0.25, 0.3) is 0 Å². The van der Waals surface area contributed by atoms with Gasteiger partial charge in [-0.25, -0.2) is 0 Å². The molecule has 82 valence electrons.